The lowest BCUT2D eigenvalue weighted by atomic mass is 9.93. The lowest BCUT2D eigenvalue weighted by Gasteiger charge is -2.17. The van der Waals surface area contributed by atoms with Crippen LogP contribution in [0.2, 0.25) is 0 Å². The highest BCUT2D eigenvalue weighted by Gasteiger charge is 2.51. The van der Waals surface area contributed by atoms with Crippen molar-refractivity contribution in [3.8, 4) is 28.0 Å². The summed E-state index contributed by atoms with van der Waals surface area (Å²) in [4.78, 5) is 24.4. The van der Waals surface area contributed by atoms with E-state index < -0.39 is 29.4 Å². The molecule has 1 fully saturated rings. The molecular formula is C31H29FN2O5. The van der Waals surface area contributed by atoms with Gasteiger partial charge in [-0.15, -0.1) is 0 Å². The topological polar surface area (TPSA) is 89.8 Å². The van der Waals surface area contributed by atoms with E-state index in [-0.39, 0.29) is 11.4 Å². The maximum atomic E-state index is 15.0. The number of carbonyl (C=O) groups is 2. The Bertz CT molecular complexity index is 1520. The van der Waals surface area contributed by atoms with E-state index in [9.17, 15) is 14.7 Å². The third-order valence-electron chi connectivity index (χ3n) is 7.32. The molecule has 8 heteroatoms. The van der Waals surface area contributed by atoms with Gasteiger partial charge in [0.2, 0.25) is 0 Å². The number of ether oxygens (including phenoxy) is 2. The predicted molar refractivity (Wildman–Crippen MR) is 146 cm³/mol. The van der Waals surface area contributed by atoms with Crippen molar-refractivity contribution in [3.05, 3.63) is 95.9 Å². The number of nitrogens with one attached hydrogen (secondary N) is 1. The molecule has 5 rings (SSSR count). The van der Waals surface area contributed by atoms with Crippen molar-refractivity contribution >= 4 is 17.9 Å². The SMILES string of the molecule is COc1ccccc1[C@@H](C)OC(=O)Nc1c(-c2ccc(-c3ccc(C4(C(=O)O)CC4)cc3)cc2)c(F)cn1C. The normalized spacial score (nSPS) is 14.4. The molecule has 7 nitrogen and oxygen atoms in total. The molecule has 0 radical (unpaired) electrons. The van der Waals surface area contributed by atoms with Crippen molar-refractivity contribution in [2.45, 2.75) is 31.3 Å². The smallest absolute Gasteiger partial charge is 0.413 e. The fraction of sp³-hybridized carbons (Fsp3) is 0.226. The van der Waals surface area contributed by atoms with Gasteiger partial charge in [0.25, 0.3) is 0 Å². The molecule has 1 saturated carbocycles. The summed E-state index contributed by atoms with van der Waals surface area (Å²) in [6.07, 6.45) is 1.30. The summed E-state index contributed by atoms with van der Waals surface area (Å²) >= 11 is 0. The number of para-hydroxylation sites is 1. The number of rotatable bonds is 8. The van der Waals surface area contributed by atoms with E-state index in [1.165, 1.54) is 10.8 Å². The van der Waals surface area contributed by atoms with Gasteiger partial charge in [0.15, 0.2) is 5.82 Å². The first kappa shape index (κ1) is 26.0. The average molecular weight is 529 g/mol. The van der Waals surface area contributed by atoms with Crippen LogP contribution in [-0.4, -0.2) is 28.8 Å². The van der Waals surface area contributed by atoms with Crippen LogP contribution in [0.5, 0.6) is 5.75 Å². The molecule has 1 amide bonds. The molecule has 0 saturated heterocycles. The number of hydrogen-bond acceptors (Lipinski definition) is 4. The first-order valence-corrected chi connectivity index (χ1v) is 12.6. The Hall–Kier alpha value is -4.59. The molecule has 0 aliphatic heterocycles. The van der Waals surface area contributed by atoms with Crippen LogP contribution in [0.15, 0.2) is 79.0 Å². The van der Waals surface area contributed by atoms with Crippen LogP contribution in [0.4, 0.5) is 15.0 Å². The number of benzene rings is 3. The largest absolute Gasteiger partial charge is 0.496 e. The maximum Gasteiger partial charge on any atom is 0.413 e. The van der Waals surface area contributed by atoms with Crippen LogP contribution in [-0.2, 0) is 22.0 Å². The number of carbonyl (C=O) groups excluding carboxylic acids is 1. The van der Waals surface area contributed by atoms with Crippen LogP contribution in [0.3, 0.4) is 0 Å². The number of hydrogen-bond donors (Lipinski definition) is 2. The zero-order valence-electron chi connectivity index (χ0n) is 21.9. The molecule has 0 unspecified atom stereocenters. The summed E-state index contributed by atoms with van der Waals surface area (Å²) in [5, 5.41) is 12.2. The second-order valence-electron chi connectivity index (χ2n) is 9.77. The van der Waals surface area contributed by atoms with Gasteiger partial charge in [-0.1, -0.05) is 66.7 Å². The average Bonchev–Trinajstić information content (AvgIpc) is 3.70. The second-order valence-corrected chi connectivity index (χ2v) is 9.77. The van der Waals surface area contributed by atoms with Crippen molar-refractivity contribution in [1.82, 2.24) is 4.57 Å². The number of carboxylic acids is 1. The van der Waals surface area contributed by atoms with Crippen LogP contribution < -0.4 is 10.1 Å². The van der Waals surface area contributed by atoms with Crippen molar-refractivity contribution in [2.75, 3.05) is 12.4 Å². The predicted octanol–water partition coefficient (Wildman–Crippen LogP) is 6.93. The number of methoxy groups -OCH3 is 1. The molecule has 0 bridgehead atoms. The summed E-state index contributed by atoms with van der Waals surface area (Å²) in [6, 6.07) is 22.1. The van der Waals surface area contributed by atoms with Crippen LogP contribution in [0.1, 0.15) is 37.0 Å². The summed E-state index contributed by atoms with van der Waals surface area (Å²) in [7, 11) is 3.19. The quantitative estimate of drug-likeness (QED) is 0.259. The van der Waals surface area contributed by atoms with Gasteiger partial charge in [-0.3, -0.25) is 10.1 Å². The fourth-order valence-electron chi connectivity index (χ4n) is 4.93. The number of anilines is 1. The number of amides is 1. The van der Waals surface area contributed by atoms with Gasteiger partial charge in [0.05, 0.1) is 18.1 Å². The molecule has 1 aliphatic carbocycles. The Balaban J connectivity index is 1.33. The Labute approximate surface area is 225 Å². The van der Waals surface area contributed by atoms with Crippen molar-refractivity contribution in [2.24, 2.45) is 7.05 Å². The number of halogens is 1. The molecule has 4 aromatic rings. The van der Waals surface area contributed by atoms with Gasteiger partial charge in [-0.05, 0) is 48.1 Å². The Morgan fingerprint density at radius 1 is 0.974 bits per heavy atom. The highest BCUT2D eigenvalue weighted by atomic mass is 19.1. The van der Waals surface area contributed by atoms with E-state index in [2.05, 4.69) is 5.32 Å². The van der Waals surface area contributed by atoms with Gasteiger partial charge in [-0.25, -0.2) is 9.18 Å². The highest BCUT2D eigenvalue weighted by molar-refractivity contribution is 5.91. The number of aliphatic carboxylic acids is 1. The Morgan fingerprint density at radius 2 is 1.56 bits per heavy atom. The van der Waals surface area contributed by atoms with E-state index in [1.807, 2.05) is 54.6 Å². The minimum absolute atomic E-state index is 0.249. The molecule has 2 N–H and O–H groups in total. The number of aryl methyl sites for hydroxylation is 1. The molecule has 1 aromatic heterocycles. The zero-order valence-corrected chi connectivity index (χ0v) is 21.9. The Kier molecular flexibility index (Phi) is 6.87. The minimum Gasteiger partial charge on any atom is -0.496 e. The maximum absolute atomic E-state index is 15.0. The molecular weight excluding hydrogens is 499 g/mol. The van der Waals surface area contributed by atoms with Crippen LogP contribution in [0, 0.1) is 5.82 Å². The van der Waals surface area contributed by atoms with Gasteiger partial charge < -0.3 is 19.1 Å². The van der Waals surface area contributed by atoms with Gasteiger partial charge in [0, 0.05) is 18.8 Å². The number of aromatic nitrogens is 1. The first-order chi connectivity index (χ1) is 18.7. The first-order valence-electron chi connectivity index (χ1n) is 12.6. The number of carboxylic acid groups (broad SMARTS) is 1. The summed E-state index contributed by atoms with van der Waals surface area (Å²) in [5.41, 5.74) is 3.44. The van der Waals surface area contributed by atoms with E-state index in [0.29, 0.717) is 29.7 Å². The van der Waals surface area contributed by atoms with Gasteiger partial charge in [0.1, 0.15) is 17.7 Å². The monoisotopic (exact) mass is 528 g/mol. The summed E-state index contributed by atoms with van der Waals surface area (Å²) in [6.45, 7) is 1.74. The van der Waals surface area contributed by atoms with Crippen molar-refractivity contribution in [3.63, 3.8) is 0 Å². The van der Waals surface area contributed by atoms with Crippen LogP contribution in [0.25, 0.3) is 22.3 Å². The highest BCUT2D eigenvalue weighted by Crippen LogP contribution is 2.48. The zero-order chi connectivity index (χ0) is 27.7. The van der Waals surface area contributed by atoms with E-state index >= 15 is 4.39 Å². The van der Waals surface area contributed by atoms with E-state index in [4.69, 9.17) is 9.47 Å². The third kappa shape index (κ3) is 4.97. The number of nitrogens with zero attached hydrogens (tertiary/aromatic N) is 1. The van der Waals surface area contributed by atoms with Crippen molar-refractivity contribution in [1.29, 1.82) is 0 Å². The van der Waals surface area contributed by atoms with E-state index in [1.54, 1.807) is 39.3 Å². The molecule has 1 aliphatic rings. The summed E-state index contributed by atoms with van der Waals surface area (Å²) < 4.78 is 27.4. The van der Waals surface area contributed by atoms with Crippen molar-refractivity contribution < 1.29 is 28.6 Å². The van der Waals surface area contributed by atoms with Gasteiger partial charge >= 0.3 is 12.1 Å². The summed E-state index contributed by atoms with van der Waals surface area (Å²) in [5.74, 6) is -0.393. The van der Waals surface area contributed by atoms with Gasteiger partial charge in [-0.2, -0.15) is 0 Å². The lowest BCUT2D eigenvalue weighted by Crippen LogP contribution is -2.19. The second kappa shape index (κ2) is 10.3. The van der Waals surface area contributed by atoms with Crippen LogP contribution >= 0.6 is 0 Å². The molecule has 1 heterocycles. The third-order valence-corrected chi connectivity index (χ3v) is 7.32. The molecule has 0 spiro atoms. The minimum atomic E-state index is -0.785. The molecule has 1 atom stereocenters. The Morgan fingerprint density at radius 3 is 2.15 bits per heavy atom. The lowest BCUT2D eigenvalue weighted by molar-refractivity contribution is -0.140. The molecule has 200 valence electrons. The molecule has 3 aromatic carbocycles. The standard InChI is InChI=1S/C31H29FN2O5/c1-19(24-6-4-5-7-26(24)38-3)39-30(37)33-28-27(25(32)18-34(28)2)22-10-8-20(9-11-22)21-12-14-23(15-13-21)31(16-17-31)29(35)36/h4-15,18-19H,16-17H2,1-3H3,(H,33,37)(H,35,36)/t19-/m1/s1. The molecule has 39 heavy (non-hydrogen) atoms. The fourth-order valence-corrected chi connectivity index (χ4v) is 4.93. The van der Waals surface area contributed by atoms with E-state index in [0.717, 1.165) is 16.7 Å².